The van der Waals surface area contributed by atoms with Gasteiger partial charge in [-0.05, 0) is 37.1 Å². The lowest BCUT2D eigenvalue weighted by Gasteiger charge is -2.08. The van der Waals surface area contributed by atoms with Crippen LogP contribution in [-0.2, 0) is 4.74 Å². The van der Waals surface area contributed by atoms with Crippen LogP contribution in [0.4, 0.5) is 11.5 Å². The van der Waals surface area contributed by atoms with E-state index in [4.69, 9.17) is 4.74 Å². The third-order valence-corrected chi connectivity index (χ3v) is 2.98. The maximum Gasteiger partial charge on any atom is 0.275 e. The number of anilines is 2. The highest BCUT2D eigenvalue weighted by molar-refractivity contribution is 6.02. The lowest BCUT2D eigenvalue weighted by molar-refractivity contribution is 0.102. The SMILES string of the molecule is COCCNc1cnc(C(=O)Nc2cc(C)cc(C)c2)cn1. The van der Waals surface area contributed by atoms with Crippen molar-refractivity contribution in [2.45, 2.75) is 13.8 Å². The van der Waals surface area contributed by atoms with Crippen LogP contribution < -0.4 is 10.6 Å². The van der Waals surface area contributed by atoms with Gasteiger partial charge in [0.2, 0.25) is 0 Å². The fourth-order valence-corrected chi connectivity index (χ4v) is 2.06. The van der Waals surface area contributed by atoms with Crippen molar-refractivity contribution < 1.29 is 9.53 Å². The van der Waals surface area contributed by atoms with Gasteiger partial charge in [0.25, 0.3) is 5.91 Å². The van der Waals surface area contributed by atoms with E-state index in [9.17, 15) is 4.79 Å². The Bertz CT molecular complexity index is 621. The molecule has 0 aliphatic heterocycles. The summed E-state index contributed by atoms with van der Waals surface area (Å²) >= 11 is 0. The molecule has 0 saturated carbocycles. The second-order valence-corrected chi connectivity index (χ2v) is 5.04. The fourth-order valence-electron chi connectivity index (χ4n) is 2.06. The standard InChI is InChI=1S/C16H20N4O2/c1-11-6-12(2)8-13(7-11)20-16(21)14-9-19-15(10-18-14)17-4-5-22-3/h6-10H,4-5H2,1-3H3,(H,17,19)(H,20,21). The minimum absolute atomic E-state index is 0.274. The number of aromatic nitrogens is 2. The van der Waals surface area contributed by atoms with Crippen LogP contribution >= 0.6 is 0 Å². The van der Waals surface area contributed by atoms with Gasteiger partial charge in [0.1, 0.15) is 11.5 Å². The van der Waals surface area contributed by atoms with Crippen LogP contribution in [0.25, 0.3) is 0 Å². The van der Waals surface area contributed by atoms with Crippen molar-refractivity contribution in [1.82, 2.24) is 9.97 Å². The zero-order chi connectivity index (χ0) is 15.9. The largest absolute Gasteiger partial charge is 0.383 e. The van der Waals surface area contributed by atoms with Crippen molar-refractivity contribution in [2.75, 3.05) is 30.9 Å². The normalized spacial score (nSPS) is 10.3. The van der Waals surface area contributed by atoms with Crippen molar-refractivity contribution in [2.24, 2.45) is 0 Å². The third-order valence-electron chi connectivity index (χ3n) is 2.98. The molecule has 1 heterocycles. The van der Waals surface area contributed by atoms with Crippen LogP contribution in [0.5, 0.6) is 0 Å². The number of benzene rings is 1. The van der Waals surface area contributed by atoms with Crippen LogP contribution in [-0.4, -0.2) is 36.1 Å². The Morgan fingerprint density at radius 1 is 1.14 bits per heavy atom. The number of nitrogens with one attached hydrogen (secondary N) is 2. The van der Waals surface area contributed by atoms with Crippen LogP contribution in [0, 0.1) is 13.8 Å². The molecule has 0 fully saturated rings. The Kier molecular flexibility index (Phi) is 5.43. The van der Waals surface area contributed by atoms with Crippen LogP contribution in [0.2, 0.25) is 0 Å². The first kappa shape index (κ1) is 15.9. The summed E-state index contributed by atoms with van der Waals surface area (Å²) in [6.45, 7) is 5.20. The number of hydrogen-bond donors (Lipinski definition) is 2. The second kappa shape index (κ2) is 7.51. The monoisotopic (exact) mass is 300 g/mol. The van der Waals surface area contributed by atoms with E-state index in [0.717, 1.165) is 16.8 Å². The summed E-state index contributed by atoms with van der Waals surface area (Å²) in [6, 6.07) is 5.88. The molecule has 6 heteroatoms. The van der Waals surface area contributed by atoms with Crippen LogP contribution in [0.15, 0.2) is 30.6 Å². The number of carbonyl (C=O) groups excluding carboxylic acids is 1. The van der Waals surface area contributed by atoms with Gasteiger partial charge in [-0.2, -0.15) is 0 Å². The van der Waals surface area contributed by atoms with Crippen molar-refractivity contribution in [3.63, 3.8) is 0 Å². The average molecular weight is 300 g/mol. The van der Waals surface area contributed by atoms with E-state index in [0.29, 0.717) is 19.0 Å². The Hall–Kier alpha value is -2.47. The van der Waals surface area contributed by atoms with Gasteiger partial charge < -0.3 is 15.4 Å². The van der Waals surface area contributed by atoms with E-state index in [1.807, 2.05) is 26.0 Å². The van der Waals surface area contributed by atoms with Gasteiger partial charge in [0.15, 0.2) is 0 Å². The van der Waals surface area contributed by atoms with E-state index < -0.39 is 0 Å². The van der Waals surface area contributed by atoms with E-state index >= 15 is 0 Å². The summed E-state index contributed by atoms with van der Waals surface area (Å²) < 4.78 is 4.94. The van der Waals surface area contributed by atoms with E-state index in [1.54, 1.807) is 7.11 Å². The summed E-state index contributed by atoms with van der Waals surface area (Å²) in [6.07, 6.45) is 2.99. The zero-order valence-corrected chi connectivity index (χ0v) is 13.0. The molecule has 1 amide bonds. The number of carbonyl (C=O) groups is 1. The first-order valence-electron chi connectivity index (χ1n) is 7.03. The summed E-state index contributed by atoms with van der Waals surface area (Å²) in [5.41, 5.74) is 3.22. The van der Waals surface area contributed by atoms with E-state index in [-0.39, 0.29) is 11.6 Å². The van der Waals surface area contributed by atoms with Crippen LogP contribution in [0.1, 0.15) is 21.6 Å². The van der Waals surface area contributed by atoms with Gasteiger partial charge in [0.05, 0.1) is 19.0 Å². The molecule has 1 aromatic heterocycles. The molecule has 116 valence electrons. The number of nitrogens with zero attached hydrogens (tertiary/aromatic N) is 2. The van der Waals surface area contributed by atoms with Gasteiger partial charge >= 0.3 is 0 Å². The first-order valence-corrected chi connectivity index (χ1v) is 7.03. The molecule has 0 spiro atoms. The molecule has 0 radical (unpaired) electrons. The molecule has 1 aromatic carbocycles. The Labute approximate surface area is 129 Å². The summed E-state index contributed by atoms with van der Waals surface area (Å²) in [4.78, 5) is 20.4. The van der Waals surface area contributed by atoms with Gasteiger partial charge in [-0.3, -0.25) is 4.79 Å². The van der Waals surface area contributed by atoms with Crippen molar-refractivity contribution in [3.8, 4) is 0 Å². The van der Waals surface area contributed by atoms with Crippen molar-refractivity contribution >= 4 is 17.4 Å². The molecule has 0 aliphatic carbocycles. The maximum absolute atomic E-state index is 12.2. The first-order chi connectivity index (χ1) is 10.6. The number of aryl methyl sites for hydroxylation is 2. The zero-order valence-electron chi connectivity index (χ0n) is 13.0. The topological polar surface area (TPSA) is 76.1 Å². The molecule has 2 N–H and O–H groups in total. The lowest BCUT2D eigenvalue weighted by Crippen LogP contribution is -2.15. The molecule has 2 aromatic rings. The summed E-state index contributed by atoms with van der Waals surface area (Å²) in [5.74, 6) is 0.334. The molecule has 0 aliphatic rings. The molecular weight excluding hydrogens is 280 g/mol. The minimum atomic E-state index is -0.277. The highest BCUT2D eigenvalue weighted by atomic mass is 16.5. The highest BCUT2D eigenvalue weighted by Gasteiger charge is 2.09. The molecule has 22 heavy (non-hydrogen) atoms. The van der Waals surface area contributed by atoms with Gasteiger partial charge in [0, 0.05) is 19.3 Å². The summed E-state index contributed by atoms with van der Waals surface area (Å²) in [5, 5.41) is 5.88. The smallest absolute Gasteiger partial charge is 0.275 e. The minimum Gasteiger partial charge on any atom is -0.383 e. The van der Waals surface area contributed by atoms with Gasteiger partial charge in [-0.15, -0.1) is 0 Å². The molecule has 0 atom stereocenters. The number of methoxy groups -OCH3 is 1. The number of ether oxygens (including phenoxy) is 1. The molecular formula is C16H20N4O2. The van der Waals surface area contributed by atoms with E-state index in [1.165, 1.54) is 12.4 Å². The summed E-state index contributed by atoms with van der Waals surface area (Å²) in [7, 11) is 1.63. The van der Waals surface area contributed by atoms with Crippen molar-refractivity contribution in [1.29, 1.82) is 0 Å². The van der Waals surface area contributed by atoms with E-state index in [2.05, 4.69) is 26.7 Å². The van der Waals surface area contributed by atoms with Gasteiger partial charge in [-0.1, -0.05) is 6.07 Å². The molecule has 6 nitrogen and oxygen atoms in total. The molecule has 0 bridgehead atoms. The quantitative estimate of drug-likeness (QED) is 0.801. The Morgan fingerprint density at radius 2 is 1.86 bits per heavy atom. The maximum atomic E-state index is 12.2. The number of amides is 1. The predicted octanol–water partition coefficient (Wildman–Crippen LogP) is 2.40. The Balaban J connectivity index is 2.00. The second-order valence-electron chi connectivity index (χ2n) is 5.04. The fraction of sp³-hybridized carbons (Fsp3) is 0.312. The molecule has 2 rings (SSSR count). The van der Waals surface area contributed by atoms with Crippen molar-refractivity contribution in [3.05, 3.63) is 47.4 Å². The predicted molar refractivity (Wildman–Crippen MR) is 86.3 cm³/mol. The number of rotatable bonds is 6. The van der Waals surface area contributed by atoms with Gasteiger partial charge in [-0.25, -0.2) is 9.97 Å². The number of hydrogen-bond acceptors (Lipinski definition) is 5. The molecule has 0 saturated heterocycles. The molecule has 0 unspecified atom stereocenters. The third kappa shape index (κ3) is 4.53. The Morgan fingerprint density at radius 3 is 2.45 bits per heavy atom. The highest BCUT2D eigenvalue weighted by Crippen LogP contribution is 2.14. The lowest BCUT2D eigenvalue weighted by atomic mass is 10.1. The average Bonchev–Trinajstić information content (AvgIpc) is 2.47. The van der Waals surface area contributed by atoms with Crippen LogP contribution in [0.3, 0.4) is 0 Å².